The van der Waals surface area contributed by atoms with Gasteiger partial charge < -0.3 is 14.7 Å². The Balaban J connectivity index is 1.65. The van der Waals surface area contributed by atoms with Crippen LogP contribution < -0.4 is 5.32 Å². The van der Waals surface area contributed by atoms with Gasteiger partial charge in [0, 0.05) is 26.1 Å². The number of carbonyl (C=O) groups is 2. The molecule has 1 unspecified atom stereocenters. The monoisotopic (exact) mass is 354 g/mol. The molecule has 0 saturated heterocycles. The Hall–Kier alpha value is -2.70. The van der Waals surface area contributed by atoms with Crippen LogP contribution >= 0.6 is 0 Å². The maximum absolute atomic E-state index is 13.2. The van der Waals surface area contributed by atoms with Crippen LogP contribution in [-0.4, -0.2) is 40.4 Å². The third-order valence-electron chi connectivity index (χ3n) is 5.46. The summed E-state index contributed by atoms with van der Waals surface area (Å²) >= 11 is 0. The summed E-state index contributed by atoms with van der Waals surface area (Å²) in [4.78, 5) is 31.6. The molecule has 26 heavy (non-hydrogen) atoms. The lowest BCUT2D eigenvalue weighted by Crippen LogP contribution is -2.50. The minimum Gasteiger partial charge on any atom is -0.343 e. The summed E-state index contributed by atoms with van der Waals surface area (Å²) in [6.45, 7) is 2.11. The zero-order valence-corrected chi connectivity index (χ0v) is 15.0. The molecule has 0 bridgehead atoms. The number of benzene rings is 1. The maximum atomic E-state index is 13.2. The summed E-state index contributed by atoms with van der Waals surface area (Å²) in [5, 5.41) is 7.28. The first kappa shape index (κ1) is 16.8. The number of hydrogen-bond acceptors (Lipinski definition) is 5. The summed E-state index contributed by atoms with van der Waals surface area (Å²) in [6, 6.07) is 7.34. The molecule has 4 rings (SSSR count). The highest BCUT2D eigenvalue weighted by Gasteiger charge is 2.43. The Kier molecular flexibility index (Phi) is 4.01. The van der Waals surface area contributed by atoms with Crippen LogP contribution in [0, 0.1) is 6.92 Å². The van der Waals surface area contributed by atoms with Gasteiger partial charge in [0.05, 0.1) is 5.92 Å². The number of nitrogens with one attached hydrogen (secondary N) is 1. The van der Waals surface area contributed by atoms with Crippen molar-refractivity contribution in [2.45, 2.75) is 44.1 Å². The first-order valence-electron chi connectivity index (χ1n) is 8.97. The van der Waals surface area contributed by atoms with Crippen molar-refractivity contribution in [2.75, 3.05) is 13.6 Å². The number of nitrogens with zero attached hydrogens (tertiary/aromatic N) is 3. The topological polar surface area (TPSA) is 88.3 Å². The van der Waals surface area contributed by atoms with Crippen molar-refractivity contribution < 1.29 is 14.1 Å². The second kappa shape index (κ2) is 6.23. The second-order valence-corrected chi connectivity index (χ2v) is 7.24. The number of rotatable bonds is 3. The van der Waals surface area contributed by atoms with Crippen LogP contribution in [0.1, 0.15) is 59.2 Å². The van der Waals surface area contributed by atoms with Crippen LogP contribution in [0.4, 0.5) is 0 Å². The Morgan fingerprint density at radius 3 is 2.73 bits per heavy atom. The molecule has 136 valence electrons. The molecular formula is C19H22N4O3. The van der Waals surface area contributed by atoms with Gasteiger partial charge >= 0.3 is 0 Å². The van der Waals surface area contributed by atoms with Crippen LogP contribution in [0.15, 0.2) is 28.8 Å². The number of aromatic nitrogens is 2. The molecule has 2 aliphatic rings. The Bertz CT molecular complexity index is 854. The van der Waals surface area contributed by atoms with Crippen LogP contribution in [0.3, 0.4) is 0 Å². The molecule has 2 aromatic rings. The fourth-order valence-electron chi connectivity index (χ4n) is 4.08. The van der Waals surface area contributed by atoms with Gasteiger partial charge in [-0.3, -0.25) is 9.59 Å². The minimum absolute atomic E-state index is 0.0472. The lowest BCUT2D eigenvalue weighted by Gasteiger charge is -2.34. The van der Waals surface area contributed by atoms with E-state index in [1.54, 1.807) is 24.9 Å². The highest BCUT2D eigenvalue weighted by molar-refractivity contribution is 6.00. The van der Waals surface area contributed by atoms with E-state index in [9.17, 15) is 9.59 Å². The molecule has 0 spiro atoms. The SMILES string of the molecule is Cc1nc(C2(NC(=O)C3CN(C)C(=O)c4ccccc43)CCCC2)no1. The van der Waals surface area contributed by atoms with Gasteiger partial charge in [-0.1, -0.05) is 36.2 Å². The normalized spacial score (nSPS) is 21.5. The average Bonchev–Trinajstić information content (AvgIpc) is 3.28. The minimum atomic E-state index is -0.580. The number of likely N-dealkylation sites (N-methyl/N-ethyl adjacent to an activating group) is 1. The molecule has 1 fully saturated rings. The van der Waals surface area contributed by atoms with Crippen molar-refractivity contribution in [3.8, 4) is 0 Å². The van der Waals surface area contributed by atoms with Crippen molar-refractivity contribution in [2.24, 2.45) is 0 Å². The highest BCUT2D eigenvalue weighted by Crippen LogP contribution is 2.38. The van der Waals surface area contributed by atoms with E-state index in [0.717, 1.165) is 31.2 Å². The predicted octanol–water partition coefficient (Wildman–Crippen LogP) is 2.13. The number of aryl methyl sites for hydroxylation is 1. The van der Waals surface area contributed by atoms with Crippen molar-refractivity contribution >= 4 is 11.8 Å². The molecule has 1 saturated carbocycles. The molecule has 1 aromatic heterocycles. The predicted molar refractivity (Wildman–Crippen MR) is 93.5 cm³/mol. The highest BCUT2D eigenvalue weighted by atomic mass is 16.5. The van der Waals surface area contributed by atoms with Gasteiger partial charge in [-0.05, 0) is 24.5 Å². The number of carbonyl (C=O) groups excluding carboxylic acids is 2. The molecule has 1 aliphatic carbocycles. The van der Waals surface area contributed by atoms with E-state index in [1.807, 2.05) is 18.2 Å². The van der Waals surface area contributed by atoms with Crippen molar-refractivity contribution in [3.63, 3.8) is 0 Å². The number of amides is 2. The van der Waals surface area contributed by atoms with Gasteiger partial charge in [-0.25, -0.2) is 0 Å². The molecule has 1 atom stereocenters. The number of hydrogen-bond donors (Lipinski definition) is 1. The van der Waals surface area contributed by atoms with Crippen molar-refractivity contribution in [1.29, 1.82) is 0 Å². The molecular weight excluding hydrogens is 332 g/mol. The first-order chi connectivity index (χ1) is 12.5. The van der Waals surface area contributed by atoms with E-state index in [1.165, 1.54) is 0 Å². The Labute approximate surface area is 151 Å². The van der Waals surface area contributed by atoms with E-state index >= 15 is 0 Å². The fraction of sp³-hybridized carbons (Fsp3) is 0.474. The Morgan fingerprint density at radius 2 is 2.04 bits per heavy atom. The fourth-order valence-corrected chi connectivity index (χ4v) is 4.08. The third-order valence-corrected chi connectivity index (χ3v) is 5.46. The van der Waals surface area contributed by atoms with E-state index in [-0.39, 0.29) is 11.8 Å². The summed E-state index contributed by atoms with van der Waals surface area (Å²) in [5.41, 5.74) is 0.798. The van der Waals surface area contributed by atoms with Crippen molar-refractivity contribution in [1.82, 2.24) is 20.4 Å². The molecule has 2 amide bonds. The van der Waals surface area contributed by atoms with Crippen LogP contribution in [-0.2, 0) is 10.3 Å². The molecule has 7 nitrogen and oxygen atoms in total. The molecule has 7 heteroatoms. The van der Waals surface area contributed by atoms with Crippen LogP contribution in [0.2, 0.25) is 0 Å². The van der Waals surface area contributed by atoms with Gasteiger partial charge in [0.2, 0.25) is 11.8 Å². The molecule has 1 aromatic carbocycles. The van der Waals surface area contributed by atoms with Crippen LogP contribution in [0.25, 0.3) is 0 Å². The van der Waals surface area contributed by atoms with Crippen molar-refractivity contribution in [3.05, 3.63) is 47.1 Å². The molecule has 0 radical (unpaired) electrons. The summed E-state index contributed by atoms with van der Waals surface area (Å²) in [5.74, 6) is 0.498. The summed E-state index contributed by atoms with van der Waals surface area (Å²) < 4.78 is 5.15. The third kappa shape index (κ3) is 2.67. The van der Waals surface area contributed by atoms with E-state index in [4.69, 9.17) is 4.52 Å². The Morgan fingerprint density at radius 1 is 1.31 bits per heavy atom. The second-order valence-electron chi connectivity index (χ2n) is 7.24. The van der Waals surface area contributed by atoms with Gasteiger partial charge in [-0.15, -0.1) is 0 Å². The van der Waals surface area contributed by atoms with Crippen LogP contribution in [0.5, 0.6) is 0 Å². The van der Waals surface area contributed by atoms with Gasteiger partial charge in [-0.2, -0.15) is 4.98 Å². The molecule has 1 N–H and O–H groups in total. The average molecular weight is 354 g/mol. The van der Waals surface area contributed by atoms with Gasteiger partial charge in [0.1, 0.15) is 5.54 Å². The van der Waals surface area contributed by atoms with E-state index in [2.05, 4.69) is 15.5 Å². The summed E-state index contributed by atoms with van der Waals surface area (Å²) in [7, 11) is 1.73. The lowest BCUT2D eigenvalue weighted by atomic mass is 9.87. The smallest absolute Gasteiger partial charge is 0.253 e. The first-order valence-corrected chi connectivity index (χ1v) is 8.97. The lowest BCUT2D eigenvalue weighted by molar-refractivity contribution is -0.125. The number of fused-ring (bicyclic) bond motifs is 1. The van der Waals surface area contributed by atoms with Gasteiger partial charge in [0.15, 0.2) is 5.82 Å². The summed E-state index contributed by atoms with van der Waals surface area (Å²) in [6.07, 6.45) is 3.60. The van der Waals surface area contributed by atoms with E-state index < -0.39 is 11.5 Å². The van der Waals surface area contributed by atoms with Gasteiger partial charge in [0.25, 0.3) is 5.91 Å². The standard InChI is InChI=1S/C19H22N4O3/c1-12-20-18(22-26-12)19(9-5-6-10-19)21-16(24)15-11-23(2)17(25)14-8-4-3-7-13(14)15/h3-4,7-8,15H,5-6,9-11H2,1-2H3,(H,21,24). The van der Waals surface area contributed by atoms with E-state index in [0.29, 0.717) is 23.8 Å². The maximum Gasteiger partial charge on any atom is 0.253 e. The largest absolute Gasteiger partial charge is 0.343 e. The molecule has 2 heterocycles. The zero-order chi connectivity index (χ0) is 18.3. The quantitative estimate of drug-likeness (QED) is 0.912. The molecule has 1 aliphatic heterocycles. The zero-order valence-electron chi connectivity index (χ0n) is 15.0.